The second kappa shape index (κ2) is 6.89. The molecule has 0 bridgehead atoms. The number of benzene rings is 1. The van der Waals surface area contributed by atoms with Crippen LogP contribution in [0.25, 0.3) is 0 Å². The van der Waals surface area contributed by atoms with Gasteiger partial charge in [-0.15, -0.1) is 0 Å². The highest BCUT2D eigenvalue weighted by atomic mass is 32.2. The van der Waals surface area contributed by atoms with Gasteiger partial charge in [0.1, 0.15) is 5.75 Å². The number of quaternary nitrogens is 1. The van der Waals surface area contributed by atoms with Gasteiger partial charge in [0.15, 0.2) is 0 Å². The highest BCUT2D eigenvalue weighted by Gasteiger charge is 2.42. The van der Waals surface area contributed by atoms with Crippen LogP contribution in [0.15, 0.2) is 23.1 Å². The maximum absolute atomic E-state index is 12.9. The summed E-state index contributed by atoms with van der Waals surface area (Å²) in [5, 5.41) is 2.34. The molecule has 0 aromatic heterocycles. The summed E-state index contributed by atoms with van der Waals surface area (Å²) in [6.07, 6.45) is 1.62. The molecule has 0 unspecified atom stereocenters. The Balaban J connectivity index is 2.29. The zero-order valence-electron chi connectivity index (χ0n) is 16.5. The highest BCUT2D eigenvalue weighted by Crippen LogP contribution is 2.30. The van der Waals surface area contributed by atoms with E-state index in [1.54, 1.807) is 25.3 Å². The van der Waals surface area contributed by atoms with Gasteiger partial charge >= 0.3 is 0 Å². The lowest BCUT2D eigenvalue weighted by Crippen LogP contribution is -3.06. The Labute approximate surface area is 152 Å². The molecule has 0 spiro atoms. The molecule has 1 aliphatic rings. The van der Waals surface area contributed by atoms with E-state index < -0.39 is 10.0 Å². The summed E-state index contributed by atoms with van der Waals surface area (Å²) in [4.78, 5) is 0.308. The fourth-order valence-electron chi connectivity index (χ4n) is 4.22. The normalized spacial score (nSPS) is 20.6. The molecule has 1 aliphatic heterocycles. The molecule has 0 aliphatic carbocycles. The molecule has 3 N–H and O–H groups in total. The lowest BCUT2D eigenvalue weighted by Gasteiger charge is -2.43. The third-order valence-electron chi connectivity index (χ3n) is 4.78. The maximum Gasteiger partial charge on any atom is 0.240 e. The minimum atomic E-state index is -3.56. The lowest BCUT2D eigenvalue weighted by atomic mass is 9.80. The molecule has 0 amide bonds. The monoisotopic (exact) mass is 369 g/mol. The number of piperidine rings is 1. The summed E-state index contributed by atoms with van der Waals surface area (Å²) in [7, 11) is -1.95. The Morgan fingerprint density at radius 1 is 1.16 bits per heavy atom. The second-order valence-corrected chi connectivity index (χ2v) is 10.6. The van der Waals surface area contributed by atoms with Crippen molar-refractivity contribution in [2.45, 2.75) is 82.3 Å². The van der Waals surface area contributed by atoms with Gasteiger partial charge in [0.2, 0.25) is 10.0 Å². The van der Waals surface area contributed by atoms with Crippen LogP contribution in [-0.2, 0) is 10.0 Å². The first-order chi connectivity index (χ1) is 11.4. The molecular formula is C19H33N2O3S+. The summed E-state index contributed by atoms with van der Waals surface area (Å²) in [6.45, 7) is 12.7. The van der Waals surface area contributed by atoms with Gasteiger partial charge in [-0.1, -0.05) is 13.8 Å². The number of hydrogen-bond donors (Lipinski definition) is 2. The minimum Gasteiger partial charge on any atom is -0.496 e. The van der Waals surface area contributed by atoms with Gasteiger partial charge in [-0.05, 0) is 57.4 Å². The Hall–Kier alpha value is -1.11. The summed E-state index contributed by atoms with van der Waals surface area (Å²) in [6, 6.07) is 5.03. The lowest BCUT2D eigenvalue weighted by molar-refractivity contribution is -0.787. The predicted octanol–water partition coefficient (Wildman–Crippen LogP) is 2.38. The zero-order valence-corrected chi connectivity index (χ0v) is 17.3. The Morgan fingerprint density at radius 2 is 1.72 bits per heavy atom. The fraction of sp³-hybridized carbons (Fsp3) is 0.684. The molecular weight excluding hydrogens is 336 g/mol. The molecule has 142 valence electrons. The third kappa shape index (κ3) is 4.96. The van der Waals surface area contributed by atoms with Gasteiger partial charge in [-0.25, -0.2) is 13.1 Å². The predicted molar refractivity (Wildman–Crippen MR) is 101 cm³/mol. The van der Waals surface area contributed by atoms with Crippen LogP contribution in [0.3, 0.4) is 0 Å². The van der Waals surface area contributed by atoms with Gasteiger partial charge in [0.25, 0.3) is 0 Å². The van der Waals surface area contributed by atoms with Crippen LogP contribution >= 0.6 is 0 Å². The number of rotatable bonds is 5. The maximum atomic E-state index is 12.9. The van der Waals surface area contributed by atoms with Crippen LogP contribution in [0.2, 0.25) is 0 Å². The molecule has 1 heterocycles. The van der Waals surface area contributed by atoms with Gasteiger partial charge < -0.3 is 10.1 Å². The number of nitrogens with two attached hydrogens (primary N) is 1. The molecule has 1 aromatic carbocycles. The zero-order chi connectivity index (χ0) is 19.0. The molecule has 6 heteroatoms. The van der Waals surface area contributed by atoms with E-state index in [4.69, 9.17) is 4.74 Å². The van der Waals surface area contributed by atoms with Crippen LogP contribution in [0.5, 0.6) is 5.75 Å². The van der Waals surface area contributed by atoms with Gasteiger partial charge in [-0.3, -0.25) is 0 Å². The Bertz CT molecular complexity index is 708. The standard InChI is InChI=1S/C19H32N2O3S/c1-13(2)16-10-15(8-9-17(16)24-7)25(22,23)20-14-11-18(3,4)21-19(5,6)12-14/h8-10,13-14,20-21H,11-12H2,1-7H3/p+1. The SMILES string of the molecule is COc1ccc(S(=O)(=O)NC2CC(C)(C)[NH2+]C(C)(C)C2)cc1C(C)C. The first kappa shape index (κ1) is 20.2. The molecule has 2 rings (SSSR count). The van der Waals surface area contributed by atoms with Crippen molar-refractivity contribution in [3.05, 3.63) is 23.8 Å². The quantitative estimate of drug-likeness (QED) is 0.837. The van der Waals surface area contributed by atoms with E-state index in [-0.39, 0.29) is 23.0 Å². The van der Waals surface area contributed by atoms with E-state index in [0.717, 1.165) is 24.2 Å². The molecule has 0 atom stereocenters. The Kier molecular flexibility index (Phi) is 5.57. The average Bonchev–Trinajstić information content (AvgIpc) is 2.42. The van der Waals surface area contributed by atoms with Crippen molar-refractivity contribution in [2.75, 3.05) is 7.11 Å². The number of methoxy groups -OCH3 is 1. The van der Waals surface area contributed by atoms with Crippen molar-refractivity contribution in [3.63, 3.8) is 0 Å². The molecule has 1 aromatic rings. The van der Waals surface area contributed by atoms with E-state index in [9.17, 15) is 8.42 Å². The topological polar surface area (TPSA) is 72.0 Å². The van der Waals surface area contributed by atoms with Gasteiger partial charge in [0, 0.05) is 18.9 Å². The van der Waals surface area contributed by atoms with Gasteiger partial charge in [0.05, 0.1) is 23.1 Å². The minimum absolute atomic E-state index is 0.0118. The van der Waals surface area contributed by atoms with Crippen molar-refractivity contribution in [1.82, 2.24) is 4.72 Å². The second-order valence-electron chi connectivity index (χ2n) is 8.91. The van der Waals surface area contributed by atoms with Crippen LogP contribution in [0, 0.1) is 0 Å². The number of sulfonamides is 1. The third-order valence-corrected chi connectivity index (χ3v) is 6.30. The molecule has 0 saturated carbocycles. The van der Waals surface area contributed by atoms with E-state index >= 15 is 0 Å². The van der Waals surface area contributed by atoms with Crippen LogP contribution in [0.4, 0.5) is 0 Å². The van der Waals surface area contributed by atoms with E-state index in [0.29, 0.717) is 4.90 Å². The highest BCUT2D eigenvalue weighted by molar-refractivity contribution is 7.89. The van der Waals surface area contributed by atoms with Crippen molar-refractivity contribution in [2.24, 2.45) is 0 Å². The first-order valence-electron chi connectivity index (χ1n) is 8.92. The number of hydrogen-bond acceptors (Lipinski definition) is 3. The molecule has 0 radical (unpaired) electrons. The fourth-order valence-corrected chi connectivity index (χ4v) is 5.49. The van der Waals surface area contributed by atoms with Crippen molar-refractivity contribution >= 4 is 10.0 Å². The number of ether oxygens (including phenoxy) is 1. The Morgan fingerprint density at radius 3 is 2.20 bits per heavy atom. The van der Waals surface area contributed by atoms with E-state index in [1.807, 2.05) is 13.8 Å². The van der Waals surface area contributed by atoms with Gasteiger partial charge in [-0.2, -0.15) is 0 Å². The van der Waals surface area contributed by atoms with Crippen molar-refractivity contribution in [3.8, 4) is 5.75 Å². The molecule has 5 nitrogen and oxygen atoms in total. The molecule has 1 saturated heterocycles. The van der Waals surface area contributed by atoms with Crippen molar-refractivity contribution < 1.29 is 18.5 Å². The largest absolute Gasteiger partial charge is 0.496 e. The van der Waals surface area contributed by atoms with E-state index in [1.165, 1.54) is 0 Å². The van der Waals surface area contributed by atoms with Crippen molar-refractivity contribution in [1.29, 1.82) is 0 Å². The molecule has 1 fully saturated rings. The summed E-state index contributed by atoms with van der Waals surface area (Å²) < 4.78 is 34.2. The van der Waals surface area contributed by atoms with Crippen LogP contribution in [0.1, 0.15) is 65.9 Å². The molecule has 25 heavy (non-hydrogen) atoms. The summed E-state index contributed by atoms with van der Waals surface area (Å²) in [5.74, 6) is 0.913. The van der Waals surface area contributed by atoms with Crippen LogP contribution < -0.4 is 14.8 Å². The first-order valence-corrected chi connectivity index (χ1v) is 10.4. The summed E-state index contributed by atoms with van der Waals surface area (Å²) in [5.41, 5.74) is 0.929. The van der Waals surface area contributed by atoms with E-state index in [2.05, 4.69) is 37.7 Å². The number of nitrogens with one attached hydrogen (secondary N) is 1. The smallest absolute Gasteiger partial charge is 0.240 e. The van der Waals surface area contributed by atoms with Crippen LogP contribution in [-0.4, -0.2) is 32.6 Å². The summed E-state index contributed by atoms with van der Waals surface area (Å²) >= 11 is 0. The average molecular weight is 370 g/mol.